The summed E-state index contributed by atoms with van der Waals surface area (Å²) in [6.45, 7) is 5.65. The van der Waals surface area contributed by atoms with Gasteiger partial charge in [-0.25, -0.2) is 4.79 Å². The van der Waals surface area contributed by atoms with Gasteiger partial charge in [-0.1, -0.05) is 13.8 Å². The summed E-state index contributed by atoms with van der Waals surface area (Å²) in [5, 5.41) is 30.5. The first-order valence-electron chi connectivity index (χ1n) is 12.4. The van der Waals surface area contributed by atoms with Crippen molar-refractivity contribution in [2.24, 2.45) is 17.8 Å². The van der Waals surface area contributed by atoms with Crippen LogP contribution in [0.1, 0.15) is 72.1 Å². The van der Waals surface area contributed by atoms with E-state index in [4.69, 9.17) is 9.47 Å². The Labute approximate surface area is 206 Å². The lowest BCUT2D eigenvalue weighted by Gasteiger charge is -2.39. The number of likely N-dealkylation sites (tertiary alicyclic amines) is 1. The third-order valence-corrected chi connectivity index (χ3v) is 8.20. The van der Waals surface area contributed by atoms with E-state index < -0.39 is 59.2 Å². The van der Waals surface area contributed by atoms with Gasteiger partial charge >= 0.3 is 5.97 Å². The number of carbonyl (C=O) groups excluding carboxylic acids is 3. The van der Waals surface area contributed by atoms with E-state index in [2.05, 4.69) is 12.6 Å². The van der Waals surface area contributed by atoms with Gasteiger partial charge in [0.2, 0.25) is 5.79 Å². The van der Waals surface area contributed by atoms with E-state index >= 15 is 0 Å². The van der Waals surface area contributed by atoms with Gasteiger partial charge in [0, 0.05) is 12.5 Å². The van der Waals surface area contributed by atoms with E-state index in [9.17, 15) is 29.7 Å². The van der Waals surface area contributed by atoms with E-state index in [1.165, 1.54) is 4.90 Å². The highest BCUT2D eigenvalue weighted by molar-refractivity contribution is 7.80. The zero-order valence-electron chi connectivity index (χ0n) is 20.3. The Morgan fingerprint density at radius 3 is 2.50 bits per heavy atom. The van der Waals surface area contributed by atoms with Crippen molar-refractivity contribution >= 4 is 30.3 Å². The fraction of sp³-hybridized carbons (Fsp3) is 0.875. The summed E-state index contributed by atoms with van der Waals surface area (Å²) in [7, 11) is 0. The Hall–Kier alpha value is -1.20. The molecule has 9 unspecified atom stereocenters. The first kappa shape index (κ1) is 27.4. The number of esters is 1. The van der Waals surface area contributed by atoms with Crippen LogP contribution in [0.3, 0.4) is 0 Å². The molecular weight excluding hydrogens is 462 g/mol. The highest BCUT2D eigenvalue weighted by Gasteiger charge is 2.52. The van der Waals surface area contributed by atoms with Crippen LogP contribution in [-0.2, 0) is 23.9 Å². The van der Waals surface area contributed by atoms with Gasteiger partial charge < -0.3 is 29.7 Å². The molecule has 10 heteroatoms. The molecule has 1 amide bonds. The molecule has 0 spiro atoms. The molecule has 34 heavy (non-hydrogen) atoms. The largest absolute Gasteiger partial charge is 0.461 e. The summed E-state index contributed by atoms with van der Waals surface area (Å²) in [5.41, 5.74) is -0.645. The smallest absolute Gasteiger partial charge is 0.329 e. The van der Waals surface area contributed by atoms with Crippen LogP contribution in [0.4, 0.5) is 0 Å². The Balaban J connectivity index is 1.58. The van der Waals surface area contributed by atoms with Crippen LogP contribution in [-0.4, -0.2) is 80.0 Å². The quantitative estimate of drug-likeness (QED) is 0.234. The standard InChI is InChI=1S/C24H39NO8S/c1-13(11-16-7-8-18(26)19(27)12-16)15(3)32-23(30)17-5-4-10-25(17)22(29)21(28)24(31)14(2)6-9-20(34)33-24/h13-20,26-27,31,34H,4-12H2,1-3H3. The first-order chi connectivity index (χ1) is 15.9. The Bertz CT molecular complexity index is 765. The van der Waals surface area contributed by atoms with Crippen LogP contribution in [0, 0.1) is 17.8 Å². The highest BCUT2D eigenvalue weighted by Crippen LogP contribution is 2.36. The molecule has 0 aromatic heterocycles. The molecule has 3 aliphatic rings. The minimum absolute atomic E-state index is 0.0214. The van der Waals surface area contributed by atoms with E-state index in [0.717, 1.165) is 12.8 Å². The number of hydrogen-bond donors (Lipinski definition) is 4. The molecule has 0 aromatic rings. The Morgan fingerprint density at radius 2 is 1.82 bits per heavy atom. The zero-order chi connectivity index (χ0) is 25.2. The summed E-state index contributed by atoms with van der Waals surface area (Å²) in [6.07, 6.45) is 2.81. The predicted octanol–water partition coefficient (Wildman–Crippen LogP) is 1.42. The Morgan fingerprint density at radius 1 is 1.12 bits per heavy atom. The van der Waals surface area contributed by atoms with Gasteiger partial charge in [-0.3, -0.25) is 9.59 Å². The van der Waals surface area contributed by atoms with Crippen molar-refractivity contribution in [2.75, 3.05) is 6.54 Å². The van der Waals surface area contributed by atoms with Gasteiger partial charge in [0.1, 0.15) is 17.6 Å². The number of amides is 1. The van der Waals surface area contributed by atoms with E-state index in [1.54, 1.807) is 13.8 Å². The van der Waals surface area contributed by atoms with Crippen molar-refractivity contribution in [3.63, 3.8) is 0 Å². The van der Waals surface area contributed by atoms with Gasteiger partial charge in [0.15, 0.2) is 0 Å². The second-order valence-electron chi connectivity index (χ2n) is 10.4. The van der Waals surface area contributed by atoms with Crippen molar-refractivity contribution in [3.05, 3.63) is 0 Å². The minimum atomic E-state index is -2.25. The summed E-state index contributed by atoms with van der Waals surface area (Å²) >= 11 is 4.19. The second-order valence-corrected chi connectivity index (χ2v) is 11.0. The zero-order valence-corrected chi connectivity index (χ0v) is 21.2. The lowest BCUT2D eigenvalue weighted by molar-refractivity contribution is -0.247. The van der Waals surface area contributed by atoms with Gasteiger partial charge in [-0.2, -0.15) is 0 Å². The monoisotopic (exact) mass is 501 g/mol. The molecule has 0 bridgehead atoms. The normalized spacial score (nSPS) is 38.3. The van der Waals surface area contributed by atoms with Crippen molar-refractivity contribution < 1.29 is 39.2 Å². The van der Waals surface area contributed by atoms with Crippen LogP contribution in [0.5, 0.6) is 0 Å². The number of ether oxygens (including phenoxy) is 2. The molecule has 9 atom stereocenters. The van der Waals surface area contributed by atoms with Crippen LogP contribution in [0.25, 0.3) is 0 Å². The lowest BCUT2D eigenvalue weighted by atomic mass is 9.79. The third kappa shape index (κ3) is 5.95. The van der Waals surface area contributed by atoms with E-state index in [1.807, 2.05) is 6.92 Å². The molecule has 2 aliphatic heterocycles. The number of ketones is 1. The summed E-state index contributed by atoms with van der Waals surface area (Å²) in [4.78, 5) is 40.1. The van der Waals surface area contributed by atoms with Crippen molar-refractivity contribution in [1.29, 1.82) is 0 Å². The number of rotatable bonds is 7. The number of Topliss-reactive ketones (excluding diaryl/α,β-unsaturated/α-hetero) is 1. The molecular formula is C24H39NO8S. The van der Waals surface area contributed by atoms with Gasteiger partial charge in [0.25, 0.3) is 11.7 Å². The molecule has 1 aliphatic carbocycles. The predicted molar refractivity (Wildman–Crippen MR) is 126 cm³/mol. The molecule has 194 valence electrons. The molecule has 2 heterocycles. The molecule has 3 fully saturated rings. The van der Waals surface area contributed by atoms with E-state index in [0.29, 0.717) is 38.5 Å². The van der Waals surface area contributed by atoms with Crippen LogP contribution in [0.2, 0.25) is 0 Å². The van der Waals surface area contributed by atoms with Crippen molar-refractivity contribution in [2.45, 2.75) is 108 Å². The van der Waals surface area contributed by atoms with Gasteiger partial charge in [-0.05, 0) is 70.1 Å². The van der Waals surface area contributed by atoms with Crippen molar-refractivity contribution in [1.82, 2.24) is 4.90 Å². The maximum Gasteiger partial charge on any atom is 0.329 e. The lowest BCUT2D eigenvalue weighted by Crippen LogP contribution is -2.58. The third-order valence-electron chi connectivity index (χ3n) is 7.83. The summed E-state index contributed by atoms with van der Waals surface area (Å²) in [5.74, 6) is -5.13. The molecule has 2 saturated heterocycles. The van der Waals surface area contributed by atoms with Crippen molar-refractivity contribution in [3.8, 4) is 0 Å². The summed E-state index contributed by atoms with van der Waals surface area (Å²) in [6, 6.07) is -0.882. The molecule has 0 aromatic carbocycles. The average Bonchev–Trinajstić information content (AvgIpc) is 3.28. The molecule has 0 radical (unpaired) electrons. The number of thiol groups is 1. The maximum absolute atomic E-state index is 13.0. The highest BCUT2D eigenvalue weighted by atomic mass is 32.1. The molecule has 3 N–H and O–H groups in total. The number of aliphatic hydroxyl groups is 3. The second kappa shape index (κ2) is 11.2. The Kier molecular flexibility index (Phi) is 9.06. The first-order valence-corrected chi connectivity index (χ1v) is 13.0. The topological polar surface area (TPSA) is 134 Å². The number of hydrogen-bond acceptors (Lipinski definition) is 9. The van der Waals surface area contributed by atoms with E-state index in [-0.39, 0.29) is 18.4 Å². The average molecular weight is 502 g/mol. The maximum atomic E-state index is 13.0. The molecule has 1 saturated carbocycles. The number of aliphatic hydroxyl groups excluding tert-OH is 2. The molecule has 3 rings (SSSR count). The van der Waals surface area contributed by atoms with Crippen LogP contribution < -0.4 is 0 Å². The SMILES string of the molecule is CC(CC1CCC(O)C(O)C1)C(C)OC(=O)C1CCCN1C(=O)C(=O)C1(O)OC(S)CCC1C. The minimum Gasteiger partial charge on any atom is -0.461 e. The van der Waals surface area contributed by atoms with Crippen LogP contribution >= 0.6 is 12.6 Å². The number of nitrogens with zero attached hydrogens (tertiary/aromatic N) is 1. The van der Waals surface area contributed by atoms with Gasteiger partial charge in [-0.15, -0.1) is 12.6 Å². The molecule has 9 nitrogen and oxygen atoms in total. The fourth-order valence-corrected chi connectivity index (χ4v) is 5.62. The van der Waals surface area contributed by atoms with Crippen LogP contribution in [0.15, 0.2) is 0 Å². The number of carbonyl (C=O) groups is 3. The summed E-state index contributed by atoms with van der Waals surface area (Å²) < 4.78 is 11.1. The van der Waals surface area contributed by atoms with Gasteiger partial charge in [0.05, 0.1) is 12.2 Å². The fourth-order valence-electron chi connectivity index (χ4n) is 5.31.